The molecule has 0 radical (unpaired) electrons. The van der Waals surface area contributed by atoms with Gasteiger partial charge in [-0.05, 0) is 51.1 Å². The van der Waals surface area contributed by atoms with Gasteiger partial charge >= 0.3 is 0 Å². The fraction of sp³-hybridized carbons (Fsp3) is 0.647. The molecule has 1 aliphatic rings. The van der Waals surface area contributed by atoms with Crippen LogP contribution in [-0.4, -0.2) is 44.7 Å². The number of piperidine rings is 1. The molecule has 1 aromatic carbocycles. The summed E-state index contributed by atoms with van der Waals surface area (Å²) in [5.74, 6) is -0.116. The molecule has 1 saturated heterocycles. The molecular formula is C17H28FN3. The van der Waals surface area contributed by atoms with Crippen LogP contribution in [0.3, 0.4) is 0 Å². The molecule has 0 aliphatic carbocycles. The maximum Gasteiger partial charge on any atom is 0.146 e. The van der Waals surface area contributed by atoms with E-state index in [1.807, 2.05) is 33.2 Å². The van der Waals surface area contributed by atoms with Crippen molar-refractivity contribution >= 4 is 5.69 Å². The molecule has 0 aromatic heterocycles. The maximum absolute atomic E-state index is 14.4. The first kappa shape index (κ1) is 16.2. The molecule has 3 nitrogen and oxygen atoms in total. The van der Waals surface area contributed by atoms with E-state index >= 15 is 0 Å². The van der Waals surface area contributed by atoms with E-state index in [0.717, 1.165) is 43.7 Å². The number of hydrogen-bond donors (Lipinski definition) is 1. The predicted molar refractivity (Wildman–Crippen MR) is 87.4 cm³/mol. The van der Waals surface area contributed by atoms with E-state index in [4.69, 9.17) is 0 Å². The van der Waals surface area contributed by atoms with Crippen LogP contribution in [0, 0.1) is 5.82 Å². The van der Waals surface area contributed by atoms with Crippen LogP contribution in [0.5, 0.6) is 0 Å². The molecule has 4 heteroatoms. The Balaban J connectivity index is 2.07. The lowest BCUT2D eigenvalue weighted by atomic mass is 10.0. The lowest BCUT2D eigenvalue weighted by Crippen LogP contribution is -2.43. The Morgan fingerprint density at radius 1 is 1.38 bits per heavy atom. The van der Waals surface area contributed by atoms with Gasteiger partial charge in [0.15, 0.2) is 0 Å². The zero-order valence-electron chi connectivity index (χ0n) is 13.7. The van der Waals surface area contributed by atoms with Crippen LogP contribution in [0.2, 0.25) is 0 Å². The van der Waals surface area contributed by atoms with E-state index in [9.17, 15) is 4.39 Å². The molecule has 1 N–H and O–H groups in total. The number of nitrogens with one attached hydrogen (secondary N) is 1. The predicted octanol–water partition coefficient (Wildman–Crippen LogP) is 3.03. The van der Waals surface area contributed by atoms with Gasteiger partial charge in [-0.25, -0.2) is 4.39 Å². The van der Waals surface area contributed by atoms with Crippen molar-refractivity contribution in [3.05, 3.63) is 29.6 Å². The Morgan fingerprint density at radius 2 is 2.05 bits per heavy atom. The van der Waals surface area contributed by atoms with Gasteiger partial charge in [0, 0.05) is 32.2 Å². The molecule has 2 rings (SSSR count). The molecule has 0 amide bonds. The minimum absolute atomic E-state index is 0.116. The van der Waals surface area contributed by atoms with Gasteiger partial charge in [-0.2, -0.15) is 0 Å². The fourth-order valence-electron chi connectivity index (χ4n) is 3.06. The van der Waals surface area contributed by atoms with Crippen molar-refractivity contribution in [1.29, 1.82) is 0 Å². The van der Waals surface area contributed by atoms with Crippen LogP contribution in [0.15, 0.2) is 18.2 Å². The molecule has 0 saturated carbocycles. The third kappa shape index (κ3) is 3.74. The van der Waals surface area contributed by atoms with Crippen LogP contribution in [0.25, 0.3) is 0 Å². The van der Waals surface area contributed by atoms with E-state index in [0.29, 0.717) is 6.04 Å². The average molecular weight is 293 g/mol. The minimum atomic E-state index is -0.116. The fourth-order valence-corrected chi connectivity index (χ4v) is 3.06. The molecule has 1 atom stereocenters. The van der Waals surface area contributed by atoms with Gasteiger partial charge in [-0.15, -0.1) is 0 Å². The summed E-state index contributed by atoms with van der Waals surface area (Å²) in [6, 6.07) is 6.22. The van der Waals surface area contributed by atoms with Crippen LogP contribution in [-0.2, 0) is 0 Å². The molecule has 21 heavy (non-hydrogen) atoms. The van der Waals surface area contributed by atoms with Gasteiger partial charge in [0.2, 0.25) is 0 Å². The molecule has 1 aromatic rings. The second-order valence-electron chi connectivity index (χ2n) is 6.00. The van der Waals surface area contributed by atoms with Gasteiger partial charge in [-0.1, -0.05) is 13.0 Å². The monoisotopic (exact) mass is 293 g/mol. The molecule has 1 heterocycles. The van der Waals surface area contributed by atoms with Crippen molar-refractivity contribution in [3.63, 3.8) is 0 Å². The molecular weight excluding hydrogens is 265 g/mol. The zero-order valence-corrected chi connectivity index (χ0v) is 13.7. The van der Waals surface area contributed by atoms with Gasteiger partial charge in [0.05, 0.1) is 5.69 Å². The molecule has 0 spiro atoms. The quantitative estimate of drug-likeness (QED) is 0.900. The van der Waals surface area contributed by atoms with Crippen LogP contribution >= 0.6 is 0 Å². The van der Waals surface area contributed by atoms with E-state index < -0.39 is 0 Å². The summed E-state index contributed by atoms with van der Waals surface area (Å²) < 4.78 is 14.4. The highest BCUT2D eigenvalue weighted by Crippen LogP contribution is 2.27. The van der Waals surface area contributed by atoms with Crippen molar-refractivity contribution in [2.75, 3.05) is 38.6 Å². The highest BCUT2D eigenvalue weighted by Gasteiger charge is 2.23. The Hall–Kier alpha value is -1.13. The number of hydrogen-bond acceptors (Lipinski definition) is 3. The Bertz CT molecular complexity index is 455. The van der Waals surface area contributed by atoms with E-state index in [2.05, 4.69) is 22.0 Å². The molecule has 118 valence electrons. The summed E-state index contributed by atoms with van der Waals surface area (Å²) >= 11 is 0. The highest BCUT2D eigenvalue weighted by molar-refractivity contribution is 5.50. The standard InChI is InChI=1S/C17H28FN3/c1-5-21-10-8-15(9-11-21)20(4)17-7-6-14(12-16(17)18)13(2)19-3/h6-7,12-13,15,19H,5,8-11H2,1-4H3. The summed E-state index contributed by atoms with van der Waals surface area (Å²) in [5, 5.41) is 3.15. The Kier molecular flexibility index (Phi) is 5.59. The first-order valence-electron chi connectivity index (χ1n) is 7.98. The minimum Gasteiger partial charge on any atom is -0.369 e. The smallest absolute Gasteiger partial charge is 0.146 e. The molecule has 0 bridgehead atoms. The normalized spacial score (nSPS) is 18.7. The third-order valence-corrected chi connectivity index (χ3v) is 4.84. The number of halogens is 1. The Labute approximate surface area is 128 Å². The van der Waals surface area contributed by atoms with Crippen molar-refractivity contribution in [2.24, 2.45) is 0 Å². The summed E-state index contributed by atoms with van der Waals surface area (Å²) in [6.07, 6.45) is 2.22. The first-order chi connectivity index (χ1) is 10.1. The van der Waals surface area contributed by atoms with Crippen molar-refractivity contribution < 1.29 is 4.39 Å². The summed E-state index contributed by atoms with van der Waals surface area (Å²) in [7, 11) is 3.91. The van der Waals surface area contributed by atoms with Crippen molar-refractivity contribution in [1.82, 2.24) is 10.2 Å². The Morgan fingerprint density at radius 3 is 2.57 bits per heavy atom. The number of likely N-dealkylation sites (tertiary alicyclic amines) is 1. The number of anilines is 1. The molecule has 1 unspecified atom stereocenters. The zero-order chi connectivity index (χ0) is 15.4. The second-order valence-corrected chi connectivity index (χ2v) is 6.00. The van der Waals surface area contributed by atoms with Crippen molar-refractivity contribution in [2.45, 2.75) is 38.8 Å². The van der Waals surface area contributed by atoms with E-state index in [1.165, 1.54) is 0 Å². The van der Waals surface area contributed by atoms with E-state index in [1.54, 1.807) is 6.07 Å². The van der Waals surface area contributed by atoms with Gasteiger partial charge < -0.3 is 15.1 Å². The van der Waals surface area contributed by atoms with Crippen LogP contribution in [0.4, 0.5) is 10.1 Å². The summed E-state index contributed by atoms with van der Waals surface area (Å²) in [4.78, 5) is 4.58. The van der Waals surface area contributed by atoms with Gasteiger partial charge in [-0.3, -0.25) is 0 Å². The van der Waals surface area contributed by atoms with Crippen LogP contribution in [0.1, 0.15) is 38.3 Å². The lowest BCUT2D eigenvalue weighted by molar-refractivity contribution is 0.220. The van der Waals surface area contributed by atoms with Crippen molar-refractivity contribution in [3.8, 4) is 0 Å². The largest absolute Gasteiger partial charge is 0.369 e. The lowest BCUT2D eigenvalue weighted by Gasteiger charge is -2.37. The maximum atomic E-state index is 14.4. The molecule has 1 aliphatic heterocycles. The molecule has 1 fully saturated rings. The number of benzene rings is 1. The first-order valence-corrected chi connectivity index (χ1v) is 7.98. The van der Waals surface area contributed by atoms with Gasteiger partial charge in [0.25, 0.3) is 0 Å². The number of nitrogens with zero attached hydrogens (tertiary/aromatic N) is 2. The van der Waals surface area contributed by atoms with Crippen LogP contribution < -0.4 is 10.2 Å². The second kappa shape index (κ2) is 7.23. The average Bonchev–Trinajstić information content (AvgIpc) is 2.53. The topological polar surface area (TPSA) is 18.5 Å². The van der Waals surface area contributed by atoms with E-state index in [-0.39, 0.29) is 11.9 Å². The SMILES string of the molecule is CCN1CCC(N(C)c2ccc(C(C)NC)cc2F)CC1. The third-order valence-electron chi connectivity index (χ3n) is 4.84. The summed E-state index contributed by atoms with van der Waals surface area (Å²) in [6.45, 7) is 7.58. The summed E-state index contributed by atoms with van der Waals surface area (Å²) in [5.41, 5.74) is 1.71. The van der Waals surface area contributed by atoms with Gasteiger partial charge in [0.1, 0.15) is 5.82 Å². The number of rotatable bonds is 5. The highest BCUT2D eigenvalue weighted by atomic mass is 19.1.